The van der Waals surface area contributed by atoms with Gasteiger partial charge in [0.1, 0.15) is 9.77 Å². The van der Waals surface area contributed by atoms with Crippen LogP contribution in [0.5, 0.6) is 0 Å². The van der Waals surface area contributed by atoms with Crippen LogP contribution in [0, 0.1) is 0 Å². The molecule has 6 nitrogen and oxygen atoms in total. The molecular formula is C12H17BrN2O4S2. The van der Waals surface area contributed by atoms with Gasteiger partial charge in [-0.05, 0) is 34.8 Å². The summed E-state index contributed by atoms with van der Waals surface area (Å²) in [6, 6.07) is 1.18. The first kappa shape index (κ1) is 16.9. The second-order valence-corrected chi connectivity index (χ2v) is 8.97. The van der Waals surface area contributed by atoms with E-state index in [4.69, 9.17) is 5.73 Å². The molecule has 9 heteroatoms. The molecule has 1 aromatic heterocycles. The number of hydrogen-bond donors (Lipinski definition) is 1. The Morgan fingerprint density at radius 2 is 2.29 bits per heavy atom. The lowest BCUT2D eigenvalue weighted by Crippen LogP contribution is -2.47. The molecule has 0 saturated carbocycles. The van der Waals surface area contributed by atoms with Crippen molar-refractivity contribution in [1.29, 1.82) is 0 Å². The molecule has 1 unspecified atom stereocenters. The summed E-state index contributed by atoms with van der Waals surface area (Å²) in [5, 5.41) is 0. The second kappa shape index (κ2) is 6.74. The van der Waals surface area contributed by atoms with Gasteiger partial charge in [0.15, 0.2) is 0 Å². The van der Waals surface area contributed by atoms with Crippen LogP contribution in [0.25, 0.3) is 0 Å². The van der Waals surface area contributed by atoms with E-state index in [2.05, 4.69) is 20.7 Å². The molecule has 1 aliphatic rings. The van der Waals surface area contributed by atoms with E-state index >= 15 is 0 Å². The van der Waals surface area contributed by atoms with Crippen molar-refractivity contribution in [3.8, 4) is 0 Å². The smallest absolute Gasteiger partial charge is 0.348 e. The van der Waals surface area contributed by atoms with Gasteiger partial charge in [-0.15, -0.1) is 11.3 Å². The molecule has 0 aromatic carbocycles. The highest BCUT2D eigenvalue weighted by atomic mass is 79.9. The zero-order valence-electron chi connectivity index (χ0n) is 11.5. The van der Waals surface area contributed by atoms with E-state index in [0.717, 1.165) is 30.6 Å². The fraction of sp³-hybridized carbons (Fsp3) is 0.583. The Labute approximate surface area is 136 Å². The maximum Gasteiger partial charge on any atom is 0.348 e. The standard InChI is InChI=1S/C12H17BrN2O4S2/c1-19-12(16)9-6-10(11(13)20-9)21(17,18)15-5-3-2-4-8(15)7-14/h6,8H,2-5,7,14H2,1H3. The molecule has 1 atom stereocenters. The number of hydrogen-bond acceptors (Lipinski definition) is 6. The number of methoxy groups -OCH3 is 1. The van der Waals surface area contributed by atoms with Crippen LogP contribution in [0.1, 0.15) is 28.9 Å². The minimum absolute atomic E-state index is 0.105. The molecule has 1 aromatic rings. The second-order valence-electron chi connectivity index (χ2n) is 4.74. The molecule has 2 heterocycles. The maximum atomic E-state index is 12.8. The molecule has 2 N–H and O–H groups in total. The first-order valence-corrected chi connectivity index (χ1v) is 9.56. The number of thiophene rings is 1. The summed E-state index contributed by atoms with van der Waals surface area (Å²) in [5.41, 5.74) is 5.69. The third-order valence-corrected chi connectivity index (χ3v) is 7.66. The normalized spacial score (nSPS) is 20.4. The molecule has 1 saturated heterocycles. The quantitative estimate of drug-likeness (QED) is 0.783. The van der Waals surface area contributed by atoms with Crippen molar-refractivity contribution in [2.75, 3.05) is 20.2 Å². The lowest BCUT2D eigenvalue weighted by Gasteiger charge is -2.33. The van der Waals surface area contributed by atoms with Crippen LogP contribution < -0.4 is 5.73 Å². The summed E-state index contributed by atoms with van der Waals surface area (Å²) in [7, 11) is -2.40. The average molecular weight is 397 g/mol. The predicted molar refractivity (Wildman–Crippen MR) is 83.9 cm³/mol. The van der Waals surface area contributed by atoms with Crippen molar-refractivity contribution in [1.82, 2.24) is 4.31 Å². The molecule has 0 radical (unpaired) electrons. The Bertz CT molecular complexity index is 629. The van der Waals surface area contributed by atoms with Crippen LogP contribution in [-0.4, -0.2) is 44.9 Å². The summed E-state index contributed by atoms with van der Waals surface area (Å²) in [4.78, 5) is 11.9. The van der Waals surface area contributed by atoms with E-state index in [0.29, 0.717) is 16.9 Å². The highest BCUT2D eigenvalue weighted by Crippen LogP contribution is 2.35. The Balaban J connectivity index is 2.39. The molecule has 1 fully saturated rings. The van der Waals surface area contributed by atoms with Crippen LogP contribution in [0.2, 0.25) is 0 Å². The number of nitrogens with zero attached hydrogens (tertiary/aromatic N) is 1. The van der Waals surface area contributed by atoms with Crippen LogP contribution in [0.3, 0.4) is 0 Å². The Morgan fingerprint density at radius 3 is 2.90 bits per heavy atom. The minimum Gasteiger partial charge on any atom is -0.465 e. The molecule has 0 bridgehead atoms. The summed E-state index contributed by atoms with van der Waals surface area (Å²) in [6.45, 7) is 0.755. The molecule has 21 heavy (non-hydrogen) atoms. The van der Waals surface area contributed by atoms with Crippen molar-refractivity contribution >= 4 is 43.3 Å². The topological polar surface area (TPSA) is 89.7 Å². The Hall–Kier alpha value is -0.480. The number of carbonyl (C=O) groups excluding carboxylic acids is 1. The van der Waals surface area contributed by atoms with E-state index in [1.54, 1.807) is 0 Å². The maximum absolute atomic E-state index is 12.8. The lowest BCUT2D eigenvalue weighted by atomic mass is 10.1. The van der Waals surface area contributed by atoms with Gasteiger partial charge < -0.3 is 10.5 Å². The molecule has 2 rings (SSSR count). The first-order chi connectivity index (χ1) is 9.91. The first-order valence-electron chi connectivity index (χ1n) is 6.51. The molecule has 0 spiro atoms. The highest BCUT2D eigenvalue weighted by molar-refractivity contribution is 9.11. The molecular weight excluding hydrogens is 380 g/mol. The summed E-state index contributed by atoms with van der Waals surface area (Å²) >= 11 is 4.28. The Kier molecular flexibility index (Phi) is 5.42. The predicted octanol–water partition coefficient (Wildman–Crippen LogP) is 1.80. The largest absolute Gasteiger partial charge is 0.465 e. The summed E-state index contributed by atoms with van der Waals surface area (Å²) in [5.74, 6) is -0.545. The van der Waals surface area contributed by atoms with E-state index < -0.39 is 16.0 Å². The molecule has 0 aliphatic carbocycles. The van der Waals surface area contributed by atoms with Gasteiger partial charge in [0.25, 0.3) is 0 Å². The lowest BCUT2D eigenvalue weighted by molar-refractivity contribution is 0.0606. The molecule has 0 amide bonds. The van der Waals surface area contributed by atoms with Gasteiger partial charge in [-0.1, -0.05) is 6.42 Å². The van der Waals surface area contributed by atoms with E-state index in [1.807, 2.05) is 0 Å². The number of esters is 1. The minimum atomic E-state index is -3.67. The zero-order valence-corrected chi connectivity index (χ0v) is 14.8. The van der Waals surface area contributed by atoms with Gasteiger partial charge in [-0.25, -0.2) is 13.2 Å². The van der Waals surface area contributed by atoms with Crippen molar-refractivity contribution in [2.45, 2.75) is 30.2 Å². The number of piperidine rings is 1. The number of halogens is 1. The van der Waals surface area contributed by atoms with Gasteiger partial charge in [0.2, 0.25) is 10.0 Å². The van der Waals surface area contributed by atoms with Gasteiger partial charge in [0, 0.05) is 19.1 Å². The number of ether oxygens (including phenoxy) is 1. The van der Waals surface area contributed by atoms with E-state index in [1.165, 1.54) is 17.5 Å². The van der Waals surface area contributed by atoms with Crippen LogP contribution in [-0.2, 0) is 14.8 Å². The summed E-state index contributed by atoms with van der Waals surface area (Å²) < 4.78 is 32.1. The summed E-state index contributed by atoms with van der Waals surface area (Å²) in [6.07, 6.45) is 2.56. The van der Waals surface area contributed by atoms with Gasteiger partial charge in [0.05, 0.1) is 10.9 Å². The fourth-order valence-electron chi connectivity index (χ4n) is 2.38. The SMILES string of the molecule is COC(=O)c1cc(S(=O)(=O)N2CCCCC2CN)c(Br)s1. The third-order valence-electron chi connectivity index (χ3n) is 3.47. The van der Waals surface area contributed by atoms with Crippen molar-refractivity contribution < 1.29 is 17.9 Å². The van der Waals surface area contributed by atoms with Gasteiger partial charge >= 0.3 is 5.97 Å². The number of nitrogens with two attached hydrogens (primary N) is 1. The zero-order chi connectivity index (χ0) is 15.6. The number of rotatable bonds is 4. The number of carbonyl (C=O) groups is 1. The average Bonchev–Trinajstić information content (AvgIpc) is 2.89. The van der Waals surface area contributed by atoms with Crippen LogP contribution in [0.15, 0.2) is 14.7 Å². The van der Waals surface area contributed by atoms with Gasteiger partial charge in [-0.2, -0.15) is 4.31 Å². The van der Waals surface area contributed by atoms with Gasteiger partial charge in [-0.3, -0.25) is 0 Å². The van der Waals surface area contributed by atoms with E-state index in [9.17, 15) is 13.2 Å². The monoisotopic (exact) mass is 396 g/mol. The van der Waals surface area contributed by atoms with Crippen molar-refractivity contribution in [3.05, 3.63) is 14.7 Å². The number of sulfonamides is 1. The third kappa shape index (κ3) is 3.31. The van der Waals surface area contributed by atoms with Crippen LogP contribution >= 0.6 is 27.3 Å². The fourth-order valence-corrected chi connectivity index (χ4v) is 6.52. The highest BCUT2D eigenvalue weighted by Gasteiger charge is 2.35. The molecule has 118 valence electrons. The van der Waals surface area contributed by atoms with Crippen molar-refractivity contribution in [2.24, 2.45) is 5.73 Å². The Morgan fingerprint density at radius 1 is 1.57 bits per heavy atom. The van der Waals surface area contributed by atoms with Crippen molar-refractivity contribution in [3.63, 3.8) is 0 Å². The molecule has 1 aliphatic heterocycles. The van der Waals surface area contributed by atoms with E-state index in [-0.39, 0.29) is 15.8 Å². The van der Waals surface area contributed by atoms with Crippen LogP contribution in [0.4, 0.5) is 0 Å².